The highest BCUT2D eigenvalue weighted by atomic mass is 32.2. The molecule has 1 aliphatic carbocycles. The summed E-state index contributed by atoms with van der Waals surface area (Å²) in [6.07, 6.45) is 4.68. The number of ether oxygens (including phenoxy) is 1. The summed E-state index contributed by atoms with van der Waals surface area (Å²) in [5.41, 5.74) is 7.24. The van der Waals surface area contributed by atoms with Gasteiger partial charge in [-0.3, -0.25) is 9.79 Å². The quantitative estimate of drug-likeness (QED) is 0.576. The Kier molecular flexibility index (Phi) is 5.23. The van der Waals surface area contributed by atoms with Crippen LogP contribution in [0.5, 0.6) is 0 Å². The van der Waals surface area contributed by atoms with Crippen molar-refractivity contribution in [1.29, 1.82) is 0 Å². The lowest BCUT2D eigenvalue weighted by molar-refractivity contribution is 0.102. The molecule has 0 amide bonds. The second-order valence-corrected chi connectivity index (χ2v) is 11.0. The SMILES string of the molecule is Cc1ccc(S(=O)(=O)n2cc3c4c2C(=O)C(NCCc2ccc5c(c2)COC5)=CC4=NCC3)cc1. The molecule has 0 bridgehead atoms. The van der Waals surface area contributed by atoms with Gasteiger partial charge in [0.25, 0.3) is 10.0 Å². The highest BCUT2D eigenvalue weighted by molar-refractivity contribution is 7.90. The van der Waals surface area contributed by atoms with E-state index in [2.05, 4.69) is 28.5 Å². The Hall–Kier alpha value is -3.49. The maximum Gasteiger partial charge on any atom is 0.268 e. The average molecular weight is 488 g/mol. The first kappa shape index (κ1) is 22.0. The molecule has 0 fully saturated rings. The van der Waals surface area contributed by atoms with Gasteiger partial charge in [0, 0.05) is 24.8 Å². The monoisotopic (exact) mass is 487 g/mol. The number of aryl methyl sites for hydroxylation is 1. The number of aliphatic imine (C=N–C) groups is 1. The molecule has 8 heteroatoms. The molecule has 6 rings (SSSR count). The number of hydrogen-bond acceptors (Lipinski definition) is 6. The number of ketones is 1. The zero-order chi connectivity index (χ0) is 24.2. The lowest BCUT2D eigenvalue weighted by atomic mass is 9.92. The number of hydrogen-bond donors (Lipinski definition) is 1. The summed E-state index contributed by atoms with van der Waals surface area (Å²) < 4.78 is 33.7. The maximum atomic E-state index is 13.6. The molecule has 178 valence electrons. The highest BCUT2D eigenvalue weighted by Crippen LogP contribution is 2.32. The summed E-state index contributed by atoms with van der Waals surface area (Å²) in [5, 5.41) is 3.24. The molecule has 7 nitrogen and oxygen atoms in total. The van der Waals surface area contributed by atoms with Gasteiger partial charge in [0.2, 0.25) is 5.78 Å². The number of Topliss-reactive ketones (excluding diaryl/α,β-unsaturated/α-hetero) is 1. The van der Waals surface area contributed by atoms with Gasteiger partial charge in [-0.1, -0.05) is 35.9 Å². The van der Waals surface area contributed by atoms with Crippen LogP contribution in [0.15, 0.2) is 70.3 Å². The van der Waals surface area contributed by atoms with Crippen molar-refractivity contribution in [3.63, 3.8) is 0 Å². The number of nitrogens with zero attached hydrogens (tertiary/aromatic N) is 2. The van der Waals surface area contributed by atoms with Gasteiger partial charge in [-0.05, 0) is 60.2 Å². The maximum absolute atomic E-state index is 13.6. The van der Waals surface area contributed by atoms with Gasteiger partial charge >= 0.3 is 0 Å². The fraction of sp³-hybridized carbons (Fsp3) is 0.259. The van der Waals surface area contributed by atoms with E-state index in [4.69, 9.17) is 4.74 Å². The van der Waals surface area contributed by atoms with Crippen LogP contribution in [0.3, 0.4) is 0 Å². The van der Waals surface area contributed by atoms with E-state index in [0.717, 1.165) is 27.1 Å². The summed E-state index contributed by atoms with van der Waals surface area (Å²) in [4.78, 5) is 18.3. The molecular formula is C27H25N3O4S. The van der Waals surface area contributed by atoms with Crippen molar-refractivity contribution in [2.24, 2.45) is 4.99 Å². The van der Waals surface area contributed by atoms with Crippen LogP contribution in [0, 0.1) is 6.92 Å². The molecule has 2 aliphatic heterocycles. The third kappa shape index (κ3) is 3.73. The van der Waals surface area contributed by atoms with Crippen molar-refractivity contribution < 1.29 is 17.9 Å². The Bertz CT molecular complexity index is 1530. The number of rotatable bonds is 6. The first-order valence-electron chi connectivity index (χ1n) is 11.7. The van der Waals surface area contributed by atoms with Crippen molar-refractivity contribution >= 4 is 21.5 Å². The van der Waals surface area contributed by atoms with Gasteiger partial charge in [0.15, 0.2) is 0 Å². The molecule has 0 radical (unpaired) electrons. The smallest absolute Gasteiger partial charge is 0.268 e. The van der Waals surface area contributed by atoms with Crippen LogP contribution < -0.4 is 5.32 Å². The van der Waals surface area contributed by atoms with Crippen molar-refractivity contribution in [3.05, 3.63) is 99.5 Å². The van der Waals surface area contributed by atoms with Crippen LogP contribution in [0.4, 0.5) is 0 Å². The number of benzene rings is 2. The molecule has 1 N–H and O–H groups in total. The standard InChI is InChI=1S/C27H25N3O4S/c1-17-2-6-22(7-3-17)35(32,33)30-14-19-9-11-28-23-13-24(27(31)26(30)25(19)23)29-10-8-18-4-5-20-15-34-16-21(20)12-18/h2-7,12-14,29H,8-11,15-16H2,1H3. The Balaban J connectivity index is 1.30. The van der Waals surface area contributed by atoms with Gasteiger partial charge in [0.05, 0.1) is 29.5 Å². The van der Waals surface area contributed by atoms with Gasteiger partial charge in [0.1, 0.15) is 5.69 Å². The summed E-state index contributed by atoms with van der Waals surface area (Å²) >= 11 is 0. The fourth-order valence-electron chi connectivity index (χ4n) is 4.91. The second-order valence-electron chi connectivity index (χ2n) is 9.17. The molecule has 0 unspecified atom stereocenters. The molecule has 0 saturated carbocycles. The Morgan fingerprint density at radius 1 is 1.06 bits per heavy atom. The number of fused-ring (bicyclic) bond motifs is 1. The first-order valence-corrected chi connectivity index (χ1v) is 13.2. The summed E-state index contributed by atoms with van der Waals surface area (Å²) in [5.74, 6) is -0.329. The molecule has 0 atom stereocenters. The average Bonchev–Trinajstić information content (AvgIpc) is 3.48. The third-order valence-electron chi connectivity index (χ3n) is 6.80. The van der Waals surface area contributed by atoms with Gasteiger partial charge in [-0.15, -0.1) is 0 Å². The van der Waals surface area contributed by atoms with E-state index in [1.54, 1.807) is 36.5 Å². The number of allylic oxidation sites excluding steroid dienone is 2. The van der Waals surface area contributed by atoms with Crippen LogP contribution in [0.1, 0.15) is 43.9 Å². The van der Waals surface area contributed by atoms with Crippen molar-refractivity contribution in [2.45, 2.75) is 37.9 Å². The minimum atomic E-state index is -3.93. The summed E-state index contributed by atoms with van der Waals surface area (Å²) in [6, 6.07) is 13.0. The van der Waals surface area contributed by atoms with Gasteiger partial charge < -0.3 is 10.1 Å². The van der Waals surface area contributed by atoms with Gasteiger partial charge in [-0.25, -0.2) is 12.4 Å². The molecule has 3 heterocycles. The normalized spacial score (nSPS) is 16.4. The van der Waals surface area contributed by atoms with E-state index < -0.39 is 10.0 Å². The number of aromatic nitrogens is 1. The highest BCUT2D eigenvalue weighted by Gasteiger charge is 2.36. The largest absolute Gasteiger partial charge is 0.381 e. The minimum Gasteiger partial charge on any atom is -0.381 e. The van der Waals surface area contributed by atoms with E-state index in [1.165, 1.54) is 11.1 Å². The van der Waals surface area contributed by atoms with E-state index in [0.29, 0.717) is 49.7 Å². The number of carbonyl (C=O) groups excluding carboxylic acids is 1. The lowest BCUT2D eigenvalue weighted by Crippen LogP contribution is -2.32. The lowest BCUT2D eigenvalue weighted by Gasteiger charge is -2.21. The Labute approximate surface area is 204 Å². The zero-order valence-corrected chi connectivity index (χ0v) is 20.2. The van der Waals surface area contributed by atoms with E-state index in [1.807, 2.05) is 6.92 Å². The van der Waals surface area contributed by atoms with Crippen LogP contribution in [0.25, 0.3) is 0 Å². The predicted octanol–water partition coefficient (Wildman–Crippen LogP) is 3.32. The van der Waals surface area contributed by atoms with Crippen molar-refractivity contribution in [1.82, 2.24) is 9.29 Å². The molecule has 1 aromatic heterocycles. The third-order valence-corrected chi connectivity index (χ3v) is 8.48. The molecule has 35 heavy (non-hydrogen) atoms. The molecule has 2 aromatic carbocycles. The molecule has 3 aromatic rings. The Morgan fingerprint density at radius 2 is 1.86 bits per heavy atom. The number of nitrogens with one attached hydrogen (secondary N) is 1. The molecule has 0 spiro atoms. The number of carbonyl (C=O) groups is 1. The van der Waals surface area contributed by atoms with Crippen molar-refractivity contribution in [2.75, 3.05) is 13.1 Å². The predicted molar refractivity (Wildman–Crippen MR) is 132 cm³/mol. The topological polar surface area (TPSA) is 89.8 Å². The summed E-state index contributed by atoms with van der Waals surface area (Å²) in [6.45, 7) is 4.30. The minimum absolute atomic E-state index is 0.155. The van der Waals surface area contributed by atoms with Crippen LogP contribution in [-0.2, 0) is 40.8 Å². The fourth-order valence-corrected chi connectivity index (χ4v) is 6.30. The first-order chi connectivity index (χ1) is 16.9. The van der Waals surface area contributed by atoms with Crippen LogP contribution in [-0.4, -0.2) is 37.0 Å². The molecule has 3 aliphatic rings. The Morgan fingerprint density at radius 3 is 2.69 bits per heavy atom. The summed E-state index contributed by atoms with van der Waals surface area (Å²) in [7, 11) is -3.93. The van der Waals surface area contributed by atoms with E-state index >= 15 is 0 Å². The second kappa shape index (κ2) is 8.32. The zero-order valence-electron chi connectivity index (χ0n) is 19.4. The molecule has 0 saturated heterocycles. The van der Waals surface area contributed by atoms with E-state index in [-0.39, 0.29) is 16.4 Å². The van der Waals surface area contributed by atoms with Crippen LogP contribution in [0.2, 0.25) is 0 Å². The van der Waals surface area contributed by atoms with Gasteiger partial charge in [-0.2, -0.15) is 0 Å². The molecular weight excluding hydrogens is 462 g/mol. The van der Waals surface area contributed by atoms with Crippen LogP contribution >= 0.6 is 0 Å². The van der Waals surface area contributed by atoms with E-state index in [9.17, 15) is 13.2 Å². The van der Waals surface area contributed by atoms with Crippen molar-refractivity contribution in [3.8, 4) is 0 Å².